The van der Waals surface area contributed by atoms with Crippen molar-refractivity contribution < 1.29 is 9.59 Å². The second kappa shape index (κ2) is 8.46. The molecule has 30 heavy (non-hydrogen) atoms. The minimum atomic E-state index is -0.113. The van der Waals surface area contributed by atoms with E-state index >= 15 is 0 Å². The molecule has 3 N–H and O–H groups in total. The lowest BCUT2D eigenvalue weighted by atomic mass is 10.2. The van der Waals surface area contributed by atoms with Crippen molar-refractivity contribution >= 4 is 52.1 Å². The molecule has 0 saturated carbocycles. The highest BCUT2D eigenvalue weighted by atomic mass is 32.2. The van der Waals surface area contributed by atoms with Crippen LogP contribution in [0, 0.1) is 0 Å². The Balaban J connectivity index is 1.70. The molecule has 8 heteroatoms. The highest BCUT2D eigenvalue weighted by Gasteiger charge is 2.24. The molecule has 0 bridgehead atoms. The molecular weight excluding hydrogens is 398 g/mol. The number of hydrogen-bond acceptors (Lipinski definition) is 6. The number of fused-ring (bicyclic) bond motifs is 2. The van der Waals surface area contributed by atoms with Crippen molar-refractivity contribution in [2.45, 2.75) is 23.6 Å². The Labute approximate surface area is 178 Å². The SMILES string of the molecule is CC(=O)Nc1ccc2c(c1)Sc1cc(NC(C)=O)ccc1N2CNc1ccccn1. The van der Waals surface area contributed by atoms with Crippen LogP contribution >= 0.6 is 11.8 Å². The van der Waals surface area contributed by atoms with E-state index in [9.17, 15) is 9.59 Å². The van der Waals surface area contributed by atoms with E-state index in [2.05, 4.69) is 25.8 Å². The first-order valence-electron chi connectivity index (χ1n) is 9.43. The van der Waals surface area contributed by atoms with Crippen LogP contribution in [0.15, 0.2) is 70.6 Å². The average molecular weight is 420 g/mol. The van der Waals surface area contributed by atoms with E-state index in [1.54, 1.807) is 18.0 Å². The fourth-order valence-corrected chi connectivity index (χ4v) is 4.42. The number of nitrogens with zero attached hydrogens (tertiary/aromatic N) is 2. The summed E-state index contributed by atoms with van der Waals surface area (Å²) in [5.41, 5.74) is 3.54. The van der Waals surface area contributed by atoms with Crippen LogP contribution in [0.3, 0.4) is 0 Å². The summed E-state index contributed by atoms with van der Waals surface area (Å²) in [6.07, 6.45) is 1.75. The summed E-state index contributed by atoms with van der Waals surface area (Å²) in [6, 6.07) is 17.4. The maximum atomic E-state index is 11.5. The smallest absolute Gasteiger partial charge is 0.221 e. The van der Waals surface area contributed by atoms with Crippen LogP contribution in [0.25, 0.3) is 0 Å². The minimum absolute atomic E-state index is 0.113. The van der Waals surface area contributed by atoms with Gasteiger partial charge in [0, 0.05) is 41.2 Å². The lowest BCUT2D eigenvalue weighted by Gasteiger charge is -2.33. The summed E-state index contributed by atoms with van der Waals surface area (Å²) in [5, 5.41) is 9.03. The van der Waals surface area contributed by atoms with E-state index in [0.29, 0.717) is 6.67 Å². The summed E-state index contributed by atoms with van der Waals surface area (Å²) in [4.78, 5) is 31.4. The first kappa shape index (κ1) is 19.8. The molecule has 0 aliphatic carbocycles. The Morgan fingerprint density at radius 1 is 0.900 bits per heavy atom. The quantitative estimate of drug-likeness (QED) is 0.557. The lowest BCUT2D eigenvalue weighted by Crippen LogP contribution is -2.27. The zero-order valence-corrected chi connectivity index (χ0v) is 17.4. The molecule has 1 aliphatic heterocycles. The highest BCUT2D eigenvalue weighted by molar-refractivity contribution is 7.99. The molecule has 0 atom stereocenters. The van der Waals surface area contributed by atoms with Gasteiger partial charge in [-0.05, 0) is 48.5 Å². The zero-order chi connectivity index (χ0) is 21.1. The van der Waals surface area contributed by atoms with Gasteiger partial charge in [0.15, 0.2) is 0 Å². The maximum absolute atomic E-state index is 11.5. The Morgan fingerprint density at radius 2 is 1.50 bits per heavy atom. The summed E-state index contributed by atoms with van der Waals surface area (Å²) in [6.45, 7) is 3.49. The lowest BCUT2D eigenvalue weighted by molar-refractivity contribution is -0.115. The second-order valence-corrected chi connectivity index (χ2v) is 7.89. The van der Waals surface area contributed by atoms with E-state index in [4.69, 9.17) is 0 Å². The third-order valence-electron chi connectivity index (χ3n) is 4.45. The molecule has 0 unspecified atom stereocenters. The van der Waals surface area contributed by atoms with Crippen LogP contribution in [0.1, 0.15) is 13.8 Å². The number of benzene rings is 2. The molecule has 2 aromatic carbocycles. The number of carbonyl (C=O) groups is 2. The van der Waals surface area contributed by atoms with Crippen LogP contribution in [0.5, 0.6) is 0 Å². The predicted octanol–water partition coefficient (Wildman–Crippen LogP) is 4.67. The van der Waals surface area contributed by atoms with Crippen molar-refractivity contribution in [2.75, 3.05) is 27.5 Å². The monoisotopic (exact) mass is 419 g/mol. The molecule has 1 aliphatic rings. The normalized spacial score (nSPS) is 11.9. The largest absolute Gasteiger partial charge is 0.352 e. The Bertz CT molecular complexity index is 1040. The number of pyridine rings is 1. The predicted molar refractivity (Wildman–Crippen MR) is 120 cm³/mol. The number of anilines is 5. The standard InChI is InChI=1S/C22H21N5O2S/c1-14(28)25-16-6-8-18-20(11-16)30-21-12-17(26-15(2)29)7-9-19(21)27(18)13-24-22-5-3-4-10-23-22/h3-12H,13H2,1-2H3,(H,23,24)(H,25,28)(H,26,29). The van der Waals surface area contributed by atoms with Gasteiger partial charge in [0.05, 0.1) is 18.0 Å². The molecular formula is C22H21N5O2S. The molecule has 0 radical (unpaired) electrons. The highest BCUT2D eigenvalue weighted by Crippen LogP contribution is 2.49. The van der Waals surface area contributed by atoms with Crippen LogP contribution in [-0.2, 0) is 9.59 Å². The fourth-order valence-electron chi connectivity index (χ4n) is 3.25. The Morgan fingerprint density at radius 3 is 2.00 bits per heavy atom. The summed E-state index contributed by atoms with van der Waals surface area (Å²) in [7, 11) is 0. The molecule has 3 aromatic rings. The third kappa shape index (κ3) is 4.38. The second-order valence-electron chi connectivity index (χ2n) is 6.81. The van der Waals surface area contributed by atoms with Crippen molar-refractivity contribution in [3.8, 4) is 0 Å². The first-order chi connectivity index (χ1) is 14.5. The van der Waals surface area contributed by atoms with Gasteiger partial charge >= 0.3 is 0 Å². The van der Waals surface area contributed by atoms with Crippen molar-refractivity contribution in [1.82, 2.24) is 4.98 Å². The van der Waals surface area contributed by atoms with E-state index in [0.717, 1.165) is 38.4 Å². The van der Waals surface area contributed by atoms with Crippen LogP contribution in [0.2, 0.25) is 0 Å². The van der Waals surface area contributed by atoms with Crippen molar-refractivity contribution in [1.29, 1.82) is 0 Å². The fraction of sp³-hybridized carbons (Fsp3) is 0.136. The van der Waals surface area contributed by atoms with Gasteiger partial charge in [-0.3, -0.25) is 9.59 Å². The number of carbonyl (C=O) groups excluding carboxylic acids is 2. The Hall–Kier alpha value is -3.52. The Kier molecular flexibility index (Phi) is 5.58. The van der Waals surface area contributed by atoms with E-state index in [1.807, 2.05) is 54.6 Å². The number of hydrogen-bond donors (Lipinski definition) is 3. The number of aromatic nitrogens is 1. The average Bonchev–Trinajstić information content (AvgIpc) is 2.70. The molecule has 4 rings (SSSR count). The number of nitrogens with one attached hydrogen (secondary N) is 3. The summed E-state index contributed by atoms with van der Waals surface area (Å²) in [5.74, 6) is 0.555. The van der Waals surface area contributed by atoms with Gasteiger partial charge < -0.3 is 20.9 Å². The molecule has 7 nitrogen and oxygen atoms in total. The molecule has 0 fully saturated rings. The summed E-state index contributed by atoms with van der Waals surface area (Å²) < 4.78 is 0. The van der Waals surface area contributed by atoms with Gasteiger partial charge in [-0.2, -0.15) is 0 Å². The van der Waals surface area contributed by atoms with Gasteiger partial charge in [0.2, 0.25) is 11.8 Å². The van der Waals surface area contributed by atoms with Crippen molar-refractivity contribution in [2.24, 2.45) is 0 Å². The number of amides is 2. The van der Waals surface area contributed by atoms with Gasteiger partial charge in [-0.25, -0.2) is 4.98 Å². The van der Waals surface area contributed by atoms with Crippen LogP contribution in [0.4, 0.5) is 28.6 Å². The van der Waals surface area contributed by atoms with Crippen LogP contribution < -0.4 is 20.9 Å². The molecule has 2 amide bonds. The van der Waals surface area contributed by atoms with E-state index < -0.39 is 0 Å². The number of rotatable bonds is 5. The van der Waals surface area contributed by atoms with Gasteiger partial charge in [-0.1, -0.05) is 17.8 Å². The van der Waals surface area contributed by atoms with E-state index in [-0.39, 0.29) is 11.8 Å². The molecule has 1 aromatic heterocycles. The molecule has 0 spiro atoms. The third-order valence-corrected chi connectivity index (χ3v) is 5.54. The van der Waals surface area contributed by atoms with E-state index in [1.165, 1.54) is 13.8 Å². The molecule has 0 saturated heterocycles. The zero-order valence-electron chi connectivity index (χ0n) is 16.6. The van der Waals surface area contributed by atoms with Crippen LogP contribution in [-0.4, -0.2) is 23.5 Å². The van der Waals surface area contributed by atoms with Gasteiger partial charge in [-0.15, -0.1) is 0 Å². The topological polar surface area (TPSA) is 86.4 Å². The molecule has 2 heterocycles. The van der Waals surface area contributed by atoms with Crippen molar-refractivity contribution in [3.63, 3.8) is 0 Å². The maximum Gasteiger partial charge on any atom is 0.221 e. The van der Waals surface area contributed by atoms with Crippen molar-refractivity contribution in [3.05, 3.63) is 60.8 Å². The summed E-state index contributed by atoms with van der Waals surface area (Å²) >= 11 is 1.60. The minimum Gasteiger partial charge on any atom is -0.352 e. The first-order valence-corrected chi connectivity index (χ1v) is 10.2. The van der Waals surface area contributed by atoms with Gasteiger partial charge in [0.25, 0.3) is 0 Å². The molecule has 152 valence electrons. The van der Waals surface area contributed by atoms with Gasteiger partial charge in [0.1, 0.15) is 5.82 Å².